The van der Waals surface area contributed by atoms with Crippen LogP contribution in [0.2, 0.25) is 0 Å². The largest absolute Gasteiger partial charge is 0.396 e. The maximum absolute atomic E-state index is 13.3. The van der Waals surface area contributed by atoms with Gasteiger partial charge in [-0.1, -0.05) is 25.1 Å². The first-order valence-corrected chi connectivity index (χ1v) is 6.91. The van der Waals surface area contributed by atoms with Crippen molar-refractivity contribution in [1.82, 2.24) is 5.32 Å². The summed E-state index contributed by atoms with van der Waals surface area (Å²) in [6.07, 6.45) is 0.672. The molecule has 0 saturated heterocycles. The Balaban J connectivity index is 2.27. The van der Waals surface area contributed by atoms with Crippen LogP contribution in [-0.4, -0.2) is 28.6 Å². The van der Waals surface area contributed by atoms with E-state index in [0.717, 1.165) is 0 Å². The molecule has 0 aliphatic rings. The molecular weight excluding hydrogens is 253 g/mol. The van der Waals surface area contributed by atoms with Crippen LogP contribution in [0.1, 0.15) is 18.9 Å². The molecule has 1 aromatic carbocycles. The maximum Gasteiger partial charge on any atom is 0.230 e. The number of hydrogen-bond acceptors (Lipinski definition) is 3. The second kappa shape index (κ2) is 8.11. The van der Waals surface area contributed by atoms with Crippen LogP contribution >= 0.6 is 11.8 Å². The van der Waals surface area contributed by atoms with Gasteiger partial charge in [-0.3, -0.25) is 4.79 Å². The Morgan fingerprint density at radius 1 is 1.50 bits per heavy atom. The summed E-state index contributed by atoms with van der Waals surface area (Å²) in [7, 11) is 0. The summed E-state index contributed by atoms with van der Waals surface area (Å²) in [5.74, 6) is -0.0950. The number of nitrogens with one attached hydrogen (secondary N) is 1. The van der Waals surface area contributed by atoms with Crippen molar-refractivity contribution in [2.45, 2.75) is 25.1 Å². The van der Waals surface area contributed by atoms with E-state index in [1.54, 1.807) is 18.2 Å². The predicted molar refractivity (Wildman–Crippen MR) is 71.9 cm³/mol. The minimum absolute atomic E-state index is 0.118. The van der Waals surface area contributed by atoms with E-state index in [2.05, 4.69) is 5.32 Å². The molecule has 0 aliphatic carbocycles. The molecule has 5 heteroatoms. The first-order chi connectivity index (χ1) is 8.63. The zero-order valence-corrected chi connectivity index (χ0v) is 11.2. The molecule has 1 amide bonds. The van der Waals surface area contributed by atoms with Crippen molar-refractivity contribution in [1.29, 1.82) is 0 Å². The zero-order chi connectivity index (χ0) is 13.4. The number of benzene rings is 1. The van der Waals surface area contributed by atoms with Gasteiger partial charge in [0, 0.05) is 24.0 Å². The summed E-state index contributed by atoms with van der Waals surface area (Å²) < 4.78 is 13.3. The van der Waals surface area contributed by atoms with Crippen LogP contribution in [0.15, 0.2) is 24.3 Å². The summed E-state index contributed by atoms with van der Waals surface area (Å²) in [6, 6.07) is 6.38. The van der Waals surface area contributed by atoms with Crippen molar-refractivity contribution in [3.63, 3.8) is 0 Å². The predicted octanol–water partition coefficient (Wildman–Crippen LogP) is 1.95. The van der Waals surface area contributed by atoms with E-state index in [9.17, 15) is 9.18 Å². The lowest BCUT2D eigenvalue weighted by atomic mass is 10.2. The van der Waals surface area contributed by atoms with Gasteiger partial charge in [-0.15, -0.1) is 11.8 Å². The van der Waals surface area contributed by atoms with Crippen LogP contribution < -0.4 is 5.32 Å². The smallest absolute Gasteiger partial charge is 0.230 e. The van der Waals surface area contributed by atoms with Gasteiger partial charge in [-0.05, 0) is 12.5 Å². The molecule has 1 unspecified atom stereocenters. The SMILES string of the molecule is CC(CCO)SCC(=O)NCc1ccccc1F. The summed E-state index contributed by atoms with van der Waals surface area (Å²) in [5.41, 5.74) is 0.485. The number of carbonyl (C=O) groups excluding carboxylic acids is 1. The molecule has 1 atom stereocenters. The minimum Gasteiger partial charge on any atom is -0.396 e. The Morgan fingerprint density at radius 2 is 2.22 bits per heavy atom. The van der Waals surface area contributed by atoms with E-state index in [-0.39, 0.29) is 30.1 Å². The third-order valence-electron chi connectivity index (χ3n) is 2.47. The fourth-order valence-electron chi connectivity index (χ4n) is 1.37. The van der Waals surface area contributed by atoms with Gasteiger partial charge >= 0.3 is 0 Å². The minimum atomic E-state index is -0.306. The van der Waals surface area contributed by atoms with E-state index in [1.165, 1.54) is 17.8 Å². The molecular formula is C13H18FNO2S. The first-order valence-electron chi connectivity index (χ1n) is 5.86. The molecule has 0 aromatic heterocycles. The van der Waals surface area contributed by atoms with Crippen LogP contribution in [-0.2, 0) is 11.3 Å². The number of aliphatic hydroxyl groups is 1. The van der Waals surface area contributed by atoms with Crippen molar-refractivity contribution in [3.05, 3.63) is 35.6 Å². The highest BCUT2D eigenvalue weighted by atomic mass is 32.2. The summed E-state index contributed by atoms with van der Waals surface area (Å²) in [5, 5.41) is 11.6. The zero-order valence-electron chi connectivity index (χ0n) is 10.4. The van der Waals surface area contributed by atoms with E-state index in [1.807, 2.05) is 6.92 Å². The van der Waals surface area contributed by atoms with Crippen molar-refractivity contribution in [2.24, 2.45) is 0 Å². The van der Waals surface area contributed by atoms with Crippen molar-refractivity contribution in [3.8, 4) is 0 Å². The third-order valence-corrected chi connectivity index (χ3v) is 3.70. The van der Waals surface area contributed by atoms with Gasteiger partial charge in [-0.25, -0.2) is 4.39 Å². The summed E-state index contributed by atoms with van der Waals surface area (Å²) in [6.45, 7) is 2.30. The highest BCUT2D eigenvalue weighted by Crippen LogP contribution is 2.13. The van der Waals surface area contributed by atoms with Crippen molar-refractivity contribution in [2.75, 3.05) is 12.4 Å². The molecule has 1 aromatic rings. The Hall–Kier alpha value is -1.07. The van der Waals surface area contributed by atoms with Gasteiger partial charge in [0.05, 0.1) is 5.75 Å². The fourth-order valence-corrected chi connectivity index (χ4v) is 2.18. The highest BCUT2D eigenvalue weighted by molar-refractivity contribution is 8.00. The van der Waals surface area contributed by atoms with E-state index in [4.69, 9.17) is 5.11 Å². The number of thioether (sulfide) groups is 1. The Bertz CT molecular complexity index is 387. The molecule has 0 spiro atoms. The third kappa shape index (κ3) is 5.51. The topological polar surface area (TPSA) is 49.3 Å². The molecule has 1 rings (SSSR count). The lowest BCUT2D eigenvalue weighted by molar-refractivity contribution is -0.118. The van der Waals surface area contributed by atoms with Gasteiger partial charge in [0.1, 0.15) is 5.82 Å². The van der Waals surface area contributed by atoms with Gasteiger partial charge in [0.2, 0.25) is 5.91 Å². The van der Waals surface area contributed by atoms with Crippen LogP contribution in [0.3, 0.4) is 0 Å². The maximum atomic E-state index is 13.3. The molecule has 0 aliphatic heterocycles. The van der Waals surface area contributed by atoms with Crippen LogP contribution in [0.4, 0.5) is 4.39 Å². The fraction of sp³-hybridized carbons (Fsp3) is 0.462. The monoisotopic (exact) mass is 271 g/mol. The van der Waals surface area contributed by atoms with E-state index >= 15 is 0 Å². The molecule has 18 heavy (non-hydrogen) atoms. The van der Waals surface area contributed by atoms with Gasteiger partial charge in [0.25, 0.3) is 0 Å². The number of halogens is 1. The van der Waals surface area contributed by atoms with Crippen LogP contribution in [0, 0.1) is 5.82 Å². The normalized spacial score (nSPS) is 12.2. The Kier molecular flexibility index (Phi) is 6.75. The van der Waals surface area contributed by atoms with Gasteiger partial charge in [0.15, 0.2) is 0 Å². The van der Waals surface area contributed by atoms with Crippen molar-refractivity contribution >= 4 is 17.7 Å². The molecule has 3 nitrogen and oxygen atoms in total. The van der Waals surface area contributed by atoms with Crippen LogP contribution in [0.5, 0.6) is 0 Å². The number of amides is 1. The lowest BCUT2D eigenvalue weighted by Crippen LogP contribution is -2.25. The van der Waals surface area contributed by atoms with E-state index < -0.39 is 0 Å². The number of carbonyl (C=O) groups is 1. The lowest BCUT2D eigenvalue weighted by Gasteiger charge is -2.10. The highest BCUT2D eigenvalue weighted by Gasteiger charge is 2.07. The molecule has 0 fully saturated rings. The quantitative estimate of drug-likeness (QED) is 0.797. The number of hydrogen-bond donors (Lipinski definition) is 2. The standard InChI is InChI=1S/C13H18FNO2S/c1-10(6-7-16)18-9-13(17)15-8-11-4-2-3-5-12(11)14/h2-5,10,16H,6-9H2,1H3,(H,15,17). The second-order valence-electron chi connectivity index (χ2n) is 4.00. The number of rotatable bonds is 7. The summed E-state index contributed by atoms with van der Waals surface area (Å²) in [4.78, 5) is 11.5. The molecule has 2 N–H and O–H groups in total. The molecule has 0 saturated carbocycles. The van der Waals surface area contributed by atoms with E-state index in [0.29, 0.717) is 17.7 Å². The second-order valence-corrected chi connectivity index (χ2v) is 5.43. The average Bonchev–Trinajstić information content (AvgIpc) is 2.36. The Morgan fingerprint density at radius 3 is 2.89 bits per heavy atom. The van der Waals surface area contributed by atoms with Gasteiger partial charge in [-0.2, -0.15) is 0 Å². The molecule has 0 radical (unpaired) electrons. The first kappa shape index (κ1) is 15.0. The molecule has 0 heterocycles. The summed E-state index contributed by atoms with van der Waals surface area (Å²) >= 11 is 1.48. The van der Waals surface area contributed by atoms with Gasteiger partial charge < -0.3 is 10.4 Å². The number of aliphatic hydroxyl groups excluding tert-OH is 1. The van der Waals surface area contributed by atoms with Crippen LogP contribution in [0.25, 0.3) is 0 Å². The molecule has 0 bridgehead atoms. The van der Waals surface area contributed by atoms with Crippen molar-refractivity contribution < 1.29 is 14.3 Å². The Labute approximate surface area is 111 Å². The average molecular weight is 271 g/mol. The molecule has 100 valence electrons.